The van der Waals surface area contributed by atoms with Crippen LogP contribution < -0.4 is 10.6 Å². The summed E-state index contributed by atoms with van der Waals surface area (Å²) < 4.78 is 1.67. The molecule has 0 saturated heterocycles. The molecule has 2 N–H and O–H groups in total. The molecule has 0 atom stereocenters. The third-order valence-electron chi connectivity index (χ3n) is 3.05. The van der Waals surface area contributed by atoms with E-state index in [9.17, 15) is 9.59 Å². The van der Waals surface area contributed by atoms with E-state index in [4.69, 9.17) is 11.6 Å². The Bertz CT molecular complexity index is 766. The van der Waals surface area contributed by atoms with Gasteiger partial charge >= 0.3 is 0 Å². The van der Waals surface area contributed by atoms with Crippen molar-refractivity contribution in [2.75, 3.05) is 11.9 Å². The minimum absolute atomic E-state index is 0.142. The number of nitrogens with one attached hydrogen (secondary N) is 2. The van der Waals surface area contributed by atoms with Crippen LogP contribution in [0.15, 0.2) is 45.3 Å². The van der Waals surface area contributed by atoms with Crippen LogP contribution in [0.5, 0.6) is 0 Å². The van der Waals surface area contributed by atoms with E-state index in [2.05, 4.69) is 42.5 Å². The first-order valence-electron chi connectivity index (χ1n) is 6.66. The van der Waals surface area contributed by atoms with Crippen LogP contribution in [0, 0.1) is 6.92 Å². The first kappa shape index (κ1) is 18.0. The molecule has 0 unspecified atom stereocenters. The molecule has 2 aromatic rings. The zero-order valence-corrected chi connectivity index (χ0v) is 16.0. The lowest BCUT2D eigenvalue weighted by Gasteiger charge is -2.10. The smallest absolute Gasteiger partial charge is 0.253 e. The van der Waals surface area contributed by atoms with Crippen molar-refractivity contribution in [2.45, 2.75) is 6.92 Å². The molecule has 0 radical (unpaired) electrons. The van der Waals surface area contributed by atoms with Crippen molar-refractivity contribution >= 4 is 61.0 Å². The number of rotatable bonds is 4. The van der Waals surface area contributed by atoms with Gasteiger partial charge in [-0.1, -0.05) is 43.5 Å². The van der Waals surface area contributed by atoms with E-state index in [1.54, 1.807) is 24.3 Å². The summed E-state index contributed by atoms with van der Waals surface area (Å²) in [6.07, 6.45) is 0. The van der Waals surface area contributed by atoms with E-state index in [-0.39, 0.29) is 12.5 Å². The molecule has 7 heteroatoms. The number of aryl methyl sites for hydroxylation is 1. The number of amides is 2. The molecule has 0 aliphatic heterocycles. The van der Waals surface area contributed by atoms with Crippen molar-refractivity contribution in [2.24, 2.45) is 0 Å². The average Bonchev–Trinajstić information content (AvgIpc) is 2.50. The summed E-state index contributed by atoms with van der Waals surface area (Å²) in [6, 6.07) is 10.5. The topological polar surface area (TPSA) is 58.2 Å². The second-order valence-electron chi connectivity index (χ2n) is 4.81. The lowest BCUT2D eigenvalue weighted by molar-refractivity contribution is -0.115. The van der Waals surface area contributed by atoms with E-state index in [0.717, 1.165) is 14.5 Å². The van der Waals surface area contributed by atoms with Gasteiger partial charge in [-0.2, -0.15) is 0 Å². The minimum Gasteiger partial charge on any atom is -0.343 e. The zero-order valence-electron chi connectivity index (χ0n) is 12.1. The lowest BCUT2D eigenvalue weighted by atomic mass is 10.2. The molecule has 2 aromatic carbocycles. The van der Waals surface area contributed by atoms with Crippen molar-refractivity contribution < 1.29 is 9.59 Å². The quantitative estimate of drug-likeness (QED) is 0.704. The number of benzene rings is 2. The van der Waals surface area contributed by atoms with Crippen molar-refractivity contribution in [3.8, 4) is 0 Å². The summed E-state index contributed by atoms with van der Waals surface area (Å²) in [5, 5.41) is 5.63. The Morgan fingerprint density at radius 1 is 1.09 bits per heavy atom. The maximum atomic E-state index is 12.1. The van der Waals surface area contributed by atoms with Crippen LogP contribution >= 0.6 is 43.5 Å². The molecule has 0 aliphatic rings. The SMILES string of the molecule is Cc1cc(Br)ccc1NC(=O)CNC(=O)c1cc(Br)ccc1Cl. The van der Waals surface area contributed by atoms with E-state index in [1.165, 1.54) is 0 Å². The molecule has 2 rings (SSSR count). The predicted molar refractivity (Wildman–Crippen MR) is 99.0 cm³/mol. The van der Waals surface area contributed by atoms with Crippen LogP contribution in [0.2, 0.25) is 5.02 Å². The van der Waals surface area contributed by atoms with Crippen LogP contribution in [0.4, 0.5) is 5.69 Å². The molecule has 4 nitrogen and oxygen atoms in total. The first-order valence-corrected chi connectivity index (χ1v) is 8.62. The summed E-state index contributed by atoms with van der Waals surface area (Å²) in [6.45, 7) is 1.75. The molecule has 2 amide bonds. The Balaban J connectivity index is 1.96. The fourth-order valence-electron chi connectivity index (χ4n) is 1.89. The van der Waals surface area contributed by atoms with Crippen molar-refractivity contribution in [1.29, 1.82) is 0 Å². The van der Waals surface area contributed by atoms with Gasteiger partial charge in [0.1, 0.15) is 0 Å². The highest BCUT2D eigenvalue weighted by atomic mass is 79.9. The highest BCUT2D eigenvalue weighted by Gasteiger charge is 2.12. The van der Waals surface area contributed by atoms with Crippen LogP contribution in [0.1, 0.15) is 15.9 Å². The molecule has 0 aromatic heterocycles. The largest absolute Gasteiger partial charge is 0.343 e. The molecule has 0 spiro atoms. The Kier molecular flexibility index (Phi) is 6.21. The normalized spacial score (nSPS) is 10.3. The minimum atomic E-state index is -0.404. The summed E-state index contributed by atoms with van der Waals surface area (Å²) in [5.41, 5.74) is 1.94. The number of carbonyl (C=O) groups excluding carboxylic acids is 2. The molecule has 23 heavy (non-hydrogen) atoms. The number of carbonyl (C=O) groups is 2. The number of hydrogen-bond donors (Lipinski definition) is 2. The summed E-state index contributed by atoms with van der Waals surface area (Å²) in [4.78, 5) is 24.0. The summed E-state index contributed by atoms with van der Waals surface area (Å²) in [5.74, 6) is -0.714. The van der Waals surface area contributed by atoms with Crippen LogP contribution in [-0.4, -0.2) is 18.4 Å². The Morgan fingerprint density at radius 2 is 1.74 bits per heavy atom. The Hall–Kier alpha value is -1.37. The third-order valence-corrected chi connectivity index (χ3v) is 4.36. The fourth-order valence-corrected chi connectivity index (χ4v) is 2.93. The predicted octanol–water partition coefficient (Wildman–Crippen LogP) is 4.54. The van der Waals surface area contributed by atoms with Crippen molar-refractivity contribution in [1.82, 2.24) is 5.32 Å². The highest BCUT2D eigenvalue weighted by molar-refractivity contribution is 9.10. The molecular formula is C16H13Br2ClN2O2. The van der Waals surface area contributed by atoms with Gasteiger partial charge in [0.25, 0.3) is 5.91 Å². The van der Waals surface area contributed by atoms with Gasteiger partial charge < -0.3 is 10.6 Å². The summed E-state index contributed by atoms with van der Waals surface area (Å²) >= 11 is 12.6. The number of anilines is 1. The van der Waals surface area contributed by atoms with Crippen LogP contribution in [0.25, 0.3) is 0 Å². The Labute approximate surface area is 155 Å². The average molecular weight is 461 g/mol. The van der Waals surface area contributed by atoms with Gasteiger partial charge in [-0.15, -0.1) is 0 Å². The van der Waals surface area contributed by atoms with Gasteiger partial charge in [-0.3, -0.25) is 9.59 Å². The van der Waals surface area contributed by atoms with Crippen molar-refractivity contribution in [3.05, 3.63) is 61.5 Å². The second kappa shape index (κ2) is 7.95. The monoisotopic (exact) mass is 458 g/mol. The highest BCUT2D eigenvalue weighted by Crippen LogP contribution is 2.21. The zero-order chi connectivity index (χ0) is 17.0. The third kappa shape index (κ3) is 5.06. The summed E-state index contributed by atoms with van der Waals surface area (Å²) in [7, 11) is 0. The van der Waals surface area contributed by atoms with E-state index < -0.39 is 5.91 Å². The van der Waals surface area contributed by atoms with Crippen LogP contribution in [-0.2, 0) is 4.79 Å². The molecule has 0 saturated carbocycles. The van der Waals surface area contributed by atoms with Gasteiger partial charge in [0, 0.05) is 14.6 Å². The van der Waals surface area contributed by atoms with Gasteiger partial charge in [-0.05, 0) is 48.9 Å². The number of halogens is 3. The van der Waals surface area contributed by atoms with E-state index in [0.29, 0.717) is 16.3 Å². The molecular weight excluding hydrogens is 447 g/mol. The second-order valence-corrected chi connectivity index (χ2v) is 7.05. The van der Waals surface area contributed by atoms with Gasteiger partial charge in [0.2, 0.25) is 5.91 Å². The number of hydrogen-bond acceptors (Lipinski definition) is 2. The molecule has 120 valence electrons. The first-order chi connectivity index (χ1) is 10.9. The van der Waals surface area contributed by atoms with Gasteiger partial charge in [-0.25, -0.2) is 0 Å². The maximum Gasteiger partial charge on any atom is 0.253 e. The molecule has 0 fully saturated rings. The maximum absolute atomic E-state index is 12.1. The standard InChI is InChI=1S/C16H13Br2ClN2O2/c1-9-6-10(17)3-5-14(9)21-15(22)8-20-16(23)12-7-11(18)2-4-13(12)19/h2-7H,8H2,1H3,(H,20,23)(H,21,22). The van der Waals surface area contributed by atoms with Gasteiger partial charge in [0.05, 0.1) is 17.1 Å². The fraction of sp³-hybridized carbons (Fsp3) is 0.125. The van der Waals surface area contributed by atoms with Crippen LogP contribution in [0.3, 0.4) is 0 Å². The van der Waals surface area contributed by atoms with E-state index >= 15 is 0 Å². The molecule has 0 bridgehead atoms. The van der Waals surface area contributed by atoms with Gasteiger partial charge in [0.15, 0.2) is 0 Å². The van der Waals surface area contributed by atoms with Crippen molar-refractivity contribution in [3.63, 3.8) is 0 Å². The molecule has 0 aliphatic carbocycles. The van der Waals surface area contributed by atoms with E-state index in [1.807, 2.05) is 19.1 Å². The Morgan fingerprint density at radius 3 is 2.43 bits per heavy atom. The molecule has 0 heterocycles. The lowest BCUT2D eigenvalue weighted by Crippen LogP contribution is -2.33.